The molecular weight excluding hydrogens is 262 g/mol. The lowest BCUT2D eigenvalue weighted by molar-refractivity contribution is -0.136. The molecule has 1 fully saturated rings. The maximum atomic E-state index is 12.0. The molecule has 5 heteroatoms. The number of likely N-dealkylation sites (tertiary alicyclic amines) is 1. The third-order valence-corrected chi connectivity index (χ3v) is 3.87. The number of carbonyl (C=O) groups excluding carboxylic acids is 2. The molecule has 1 heterocycles. The van der Waals surface area contributed by atoms with Gasteiger partial charge >= 0.3 is 0 Å². The molecule has 0 atom stereocenters. The predicted octanol–water partition coefficient (Wildman–Crippen LogP) is 1.98. The Morgan fingerprint density at radius 2 is 2.00 bits per heavy atom. The minimum Gasteiger partial charge on any atom is -0.483 e. The molecule has 0 bridgehead atoms. The zero-order chi connectivity index (χ0) is 13.7. The predicted molar refractivity (Wildman–Crippen MR) is 74.5 cm³/mol. The van der Waals surface area contributed by atoms with Gasteiger partial charge in [-0.2, -0.15) is 0 Å². The largest absolute Gasteiger partial charge is 0.483 e. The maximum Gasteiger partial charge on any atom is 0.260 e. The number of benzene rings is 1. The van der Waals surface area contributed by atoms with Crippen LogP contribution in [-0.2, 0) is 9.59 Å². The molecule has 2 rings (SSSR count). The van der Waals surface area contributed by atoms with Gasteiger partial charge in [0.2, 0.25) is 0 Å². The maximum absolute atomic E-state index is 12.0. The van der Waals surface area contributed by atoms with Crippen LogP contribution in [0, 0.1) is 0 Å². The normalized spacial score (nSPS) is 15.4. The second-order valence-electron chi connectivity index (χ2n) is 4.36. The lowest BCUT2D eigenvalue weighted by Gasteiger charge is -2.26. The summed E-state index contributed by atoms with van der Waals surface area (Å²) < 4.78 is 5.57. The molecule has 102 valence electrons. The zero-order valence-electron chi connectivity index (χ0n) is 10.9. The number of Topliss-reactive ketones (excluding diaryl/α,β-unsaturated/α-hetero) is 1. The second kappa shape index (κ2) is 6.61. The van der Waals surface area contributed by atoms with Crippen LogP contribution >= 0.6 is 11.8 Å². The van der Waals surface area contributed by atoms with Crippen molar-refractivity contribution >= 4 is 23.5 Å². The third kappa shape index (κ3) is 3.73. The highest BCUT2D eigenvalue weighted by molar-refractivity contribution is 7.98. The molecule has 0 N–H and O–H groups in total. The fourth-order valence-corrected chi connectivity index (χ4v) is 2.52. The van der Waals surface area contributed by atoms with Crippen molar-refractivity contribution in [3.05, 3.63) is 24.3 Å². The molecule has 1 aromatic rings. The van der Waals surface area contributed by atoms with Crippen molar-refractivity contribution in [2.45, 2.75) is 17.7 Å². The number of hydrogen-bond acceptors (Lipinski definition) is 4. The number of para-hydroxylation sites is 1. The third-order valence-electron chi connectivity index (χ3n) is 3.09. The molecule has 1 amide bonds. The number of ketones is 1. The highest BCUT2D eigenvalue weighted by atomic mass is 32.2. The monoisotopic (exact) mass is 279 g/mol. The lowest BCUT2D eigenvalue weighted by atomic mass is 10.1. The number of hydrogen-bond donors (Lipinski definition) is 0. The van der Waals surface area contributed by atoms with Gasteiger partial charge in [-0.1, -0.05) is 12.1 Å². The minimum absolute atomic E-state index is 0.0335. The van der Waals surface area contributed by atoms with Crippen LogP contribution < -0.4 is 4.74 Å². The van der Waals surface area contributed by atoms with Crippen LogP contribution in [0.3, 0.4) is 0 Å². The van der Waals surface area contributed by atoms with E-state index in [-0.39, 0.29) is 18.3 Å². The summed E-state index contributed by atoms with van der Waals surface area (Å²) in [4.78, 5) is 25.8. The van der Waals surface area contributed by atoms with E-state index >= 15 is 0 Å². The van der Waals surface area contributed by atoms with Crippen molar-refractivity contribution in [3.8, 4) is 5.75 Å². The van der Waals surface area contributed by atoms with Gasteiger partial charge in [-0.3, -0.25) is 9.59 Å². The Bertz CT molecular complexity index is 466. The Labute approximate surface area is 117 Å². The van der Waals surface area contributed by atoms with Crippen LogP contribution in [0.1, 0.15) is 12.8 Å². The van der Waals surface area contributed by atoms with Crippen molar-refractivity contribution in [3.63, 3.8) is 0 Å². The molecule has 1 aliphatic heterocycles. The Balaban J connectivity index is 1.88. The van der Waals surface area contributed by atoms with E-state index in [0.717, 1.165) is 10.6 Å². The van der Waals surface area contributed by atoms with E-state index in [0.29, 0.717) is 25.9 Å². The molecule has 1 aromatic carbocycles. The van der Waals surface area contributed by atoms with E-state index in [1.165, 1.54) is 0 Å². The van der Waals surface area contributed by atoms with Crippen LogP contribution in [0.4, 0.5) is 0 Å². The molecule has 0 aromatic heterocycles. The van der Waals surface area contributed by atoms with Crippen molar-refractivity contribution in [2.75, 3.05) is 26.0 Å². The topological polar surface area (TPSA) is 46.6 Å². The summed E-state index contributed by atoms with van der Waals surface area (Å²) >= 11 is 1.59. The van der Waals surface area contributed by atoms with Crippen LogP contribution in [0.15, 0.2) is 29.2 Å². The van der Waals surface area contributed by atoms with Crippen LogP contribution in [0.25, 0.3) is 0 Å². The van der Waals surface area contributed by atoms with E-state index in [1.807, 2.05) is 30.5 Å². The Kier molecular flexibility index (Phi) is 4.85. The summed E-state index contributed by atoms with van der Waals surface area (Å²) in [5, 5.41) is 0. The van der Waals surface area contributed by atoms with E-state index in [4.69, 9.17) is 4.74 Å². The summed E-state index contributed by atoms with van der Waals surface area (Å²) in [7, 11) is 0. The first kappa shape index (κ1) is 13.9. The smallest absolute Gasteiger partial charge is 0.260 e. The second-order valence-corrected chi connectivity index (χ2v) is 5.21. The Morgan fingerprint density at radius 3 is 2.68 bits per heavy atom. The number of nitrogens with zero attached hydrogens (tertiary/aromatic N) is 1. The van der Waals surface area contributed by atoms with Gasteiger partial charge in [0.1, 0.15) is 11.5 Å². The van der Waals surface area contributed by atoms with Gasteiger partial charge in [-0.05, 0) is 18.4 Å². The summed E-state index contributed by atoms with van der Waals surface area (Å²) in [6, 6.07) is 7.65. The number of piperidine rings is 1. The average Bonchev–Trinajstić information content (AvgIpc) is 2.45. The van der Waals surface area contributed by atoms with Gasteiger partial charge < -0.3 is 9.64 Å². The van der Waals surface area contributed by atoms with Crippen LogP contribution in [-0.4, -0.2) is 42.5 Å². The molecule has 1 saturated heterocycles. The van der Waals surface area contributed by atoms with Crippen molar-refractivity contribution in [1.82, 2.24) is 4.90 Å². The van der Waals surface area contributed by atoms with E-state index < -0.39 is 0 Å². The molecule has 19 heavy (non-hydrogen) atoms. The summed E-state index contributed by atoms with van der Waals surface area (Å²) in [5.41, 5.74) is 0. The Hall–Kier alpha value is -1.49. The van der Waals surface area contributed by atoms with E-state index in [9.17, 15) is 9.59 Å². The molecule has 0 saturated carbocycles. The first-order valence-corrected chi connectivity index (χ1v) is 7.48. The molecule has 0 unspecified atom stereocenters. The van der Waals surface area contributed by atoms with Crippen LogP contribution in [0.5, 0.6) is 5.75 Å². The summed E-state index contributed by atoms with van der Waals surface area (Å²) in [6.45, 7) is 1.07. The minimum atomic E-state index is -0.0524. The molecule has 4 nitrogen and oxygen atoms in total. The first-order valence-electron chi connectivity index (χ1n) is 6.26. The standard InChI is InChI=1S/C14H17NO3S/c1-19-13-5-3-2-4-12(13)18-10-14(17)15-8-6-11(16)7-9-15/h2-5H,6-10H2,1H3. The lowest BCUT2D eigenvalue weighted by Crippen LogP contribution is -2.41. The molecular formula is C14H17NO3S. The van der Waals surface area contributed by atoms with Gasteiger partial charge in [0.05, 0.1) is 0 Å². The van der Waals surface area contributed by atoms with Crippen molar-refractivity contribution in [1.29, 1.82) is 0 Å². The molecule has 0 radical (unpaired) electrons. The number of amides is 1. The SMILES string of the molecule is CSc1ccccc1OCC(=O)N1CCC(=O)CC1. The summed E-state index contributed by atoms with van der Waals surface area (Å²) in [5.74, 6) is 0.914. The fourth-order valence-electron chi connectivity index (χ4n) is 1.97. The van der Waals surface area contributed by atoms with Gasteiger partial charge in [0.25, 0.3) is 5.91 Å². The quantitative estimate of drug-likeness (QED) is 0.791. The van der Waals surface area contributed by atoms with Crippen molar-refractivity contribution in [2.24, 2.45) is 0 Å². The molecule has 1 aliphatic rings. The number of thioether (sulfide) groups is 1. The first-order chi connectivity index (χ1) is 9.20. The number of carbonyl (C=O) groups is 2. The highest BCUT2D eigenvalue weighted by Crippen LogP contribution is 2.26. The van der Waals surface area contributed by atoms with Gasteiger partial charge in [-0.15, -0.1) is 11.8 Å². The Morgan fingerprint density at radius 1 is 1.32 bits per heavy atom. The average molecular weight is 279 g/mol. The molecule has 0 aliphatic carbocycles. The highest BCUT2D eigenvalue weighted by Gasteiger charge is 2.21. The fraction of sp³-hybridized carbons (Fsp3) is 0.429. The number of rotatable bonds is 4. The van der Waals surface area contributed by atoms with Gasteiger partial charge in [0.15, 0.2) is 6.61 Å². The molecule has 0 spiro atoms. The van der Waals surface area contributed by atoms with Crippen LogP contribution in [0.2, 0.25) is 0 Å². The van der Waals surface area contributed by atoms with Gasteiger partial charge in [-0.25, -0.2) is 0 Å². The number of ether oxygens (including phenoxy) is 1. The van der Waals surface area contributed by atoms with E-state index in [2.05, 4.69) is 0 Å². The van der Waals surface area contributed by atoms with E-state index in [1.54, 1.807) is 16.7 Å². The van der Waals surface area contributed by atoms with Gasteiger partial charge in [0, 0.05) is 30.8 Å². The summed E-state index contributed by atoms with van der Waals surface area (Å²) in [6.07, 6.45) is 2.90. The zero-order valence-corrected chi connectivity index (χ0v) is 11.7. The van der Waals surface area contributed by atoms with Crippen molar-refractivity contribution < 1.29 is 14.3 Å².